The Morgan fingerprint density at radius 1 is 1.33 bits per heavy atom. The quantitative estimate of drug-likeness (QED) is 0.933. The Morgan fingerprint density at radius 2 is 2.24 bits per heavy atom. The second-order valence-electron chi connectivity index (χ2n) is 6.50. The summed E-state index contributed by atoms with van der Waals surface area (Å²) in [4.78, 5) is 7.07. The summed E-state index contributed by atoms with van der Waals surface area (Å²) in [6.07, 6.45) is 9.12. The number of nitrogens with zero attached hydrogens (tertiary/aromatic N) is 4. The fourth-order valence-electron chi connectivity index (χ4n) is 3.32. The Hall–Kier alpha value is -1.62. The van der Waals surface area contributed by atoms with Crippen LogP contribution >= 0.6 is 0 Å². The highest BCUT2D eigenvalue weighted by Gasteiger charge is 2.26. The van der Waals surface area contributed by atoms with E-state index >= 15 is 0 Å². The molecule has 2 aliphatic rings. The third-order valence-electron chi connectivity index (χ3n) is 4.58. The average Bonchev–Trinajstić information content (AvgIpc) is 3.24. The number of piperidine rings is 1. The highest BCUT2D eigenvalue weighted by molar-refractivity contribution is 5.69. The minimum absolute atomic E-state index is 0.741. The largest absolute Gasteiger partial charge is 0.355 e. The van der Waals surface area contributed by atoms with E-state index in [4.69, 9.17) is 0 Å². The van der Waals surface area contributed by atoms with Gasteiger partial charge in [-0.05, 0) is 51.1 Å². The molecule has 1 saturated heterocycles. The standard InChI is InChI=1S/C16H23N5/c1-12-9-15-16(17-6-8-21(15)19-12)20-7-2-3-13(11-20)10-18-14-4-5-14/h6,8-9,13-14,18H,2-5,7,10-11H2,1H3. The van der Waals surface area contributed by atoms with Crippen LogP contribution in [0.2, 0.25) is 0 Å². The molecule has 1 saturated carbocycles. The molecular formula is C16H23N5. The lowest BCUT2D eigenvalue weighted by atomic mass is 9.98. The summed E-state index contributed by atoms with van der Waals surface area (Å²) in [7, 11) is 0. The molecule has 1 aliphatic carbocycles. The molecule has 0 radical (unpaired) electrons. The lowest BCUT2D eigenvalue weighted by molar-refractivity contribution is 0.390. The van der Waals surface area contributed by atoms with Gasteiger partial charge in [0.15, 0.2) is 5.82 Å². The first kappa shape index (κ1) is 13.1. The second kappa shape index (κ2) is 5.30. The van der Waals surface area contributed by atoms with E-state index in [0.29, 0.717) is 0 Å². The fraction of sp³-hybridized carbons (Fsp3) is 0.625. The molecule has 21 heavy (non-hydrogen) atoms. The summed E-state index contributed by atoms with van der Waals surface area (Å²) in [5.74, 6) is 1.83. The highest BCUT2D eigenvalue weighted by Crippen LogP contribution is 2.26. The maximum atomic E-state index is 4.63. The third kappa shape index (κ3) is 2.75. The van der Waals surface area contributed by atoms with Crippen molar-refractivity contribution in [3.8, 4) is 0 Å². The summed E-state index contributed by atoms with van der Waals surface area (Å²) in [5, 5.41) is 8.17. The minimum atomic E-state index is 0.741. The van der Waals surface area contributed by atoms with Crippen LogP contribution in [0.4, 0.5) is 5.82 Å². The van der Waals surface area contributed by atoms with Crippen molar-refractivity contribution in [3.63, 3.8) is 0 Å². The van der Waals surface area contributed by atoms with Gasteiger partial charge < -0.3 is 10.2 Å². The summed E-state index contributed by atoms with van der Waals surface area (Å²) in [5.41, 5.74) is 2.18. The van der Waals surface area contributed by atoms with E-state index in [1.54, 1.807) is 0 Å². The molecule has 1 atom stereocenters. The van der Waals surface area contributed by atoms with Gasteiger partial charge in [-0.1, -0.05) is 0 Å². The first-order chi connectivity index (χ1) is 10.3. The van der Waals surface area contributed by atoms with Crippen LogP contribution in [0.5, 0.6) is 0 Å². The Kier molecular flexibility index (Phi) is 3.30. The van der Waals surface area contributed by atoms with Gasteiger partial charge in [-0.2, -0.15) is 5.10 Å². The van der Waals surface area contributed by atoms with Crippen molar-refractivity contribution in [2.45, 2.75) is 38.6 Å². The maximum Gasteiger partial charge on any atom is 0.154 e. The molecule has 2 fully saturated rings. The van der Waals surface area contributed by atoms with E-state index < -0.39 is 0 Å². The minimum Gasteiger partial charge on any atom is -0.355 e. The predicted molar refractivity (Wildman–Crippen MR) is 83.7 cm³/mol. The monoisotopic (exact) mass is 285 g/mol. The van der Waals surface area contributed by atoms with Gasteiger partial charge in [0.2, 0.25) is 0 Å². The van der Waals surface area contributed by atoms with Crippen molar-refractivity contribution >= 4 is 11.3 Å². The van der Waals surface area contributed by atoms with Crippen LogP contribution in [-0.4, -0.2) is 40.3 Å². The highest BCUT2D eigenvalue weighted by atomic mass is 15.3. The molecule has 1 aliphatic heterocycles. The fourth-order valence-corrected chi connectivity index (χ4v) is 3.32. The number of fused-ring (bicyclic) bond motifs is 1. The zero-order valence-corrected chi connectivity index (χ0v) is 12.6. The van der Waals surface area contributed by atoms with E-state index in [2.05, 4.69) is 26.4 Å². The van der Waals surface area contributed by atoms with Gasteiger partial charge in [-0.15, -0.1) is 0 Å². The van der Waals surface area contributed by atoms with Crippen LogP contribution in [0.3, 0.4) is 0 Å². The van der Waals surface area contributed by atoms with Crippen molar-refractivity contribution in [1.29, 1.82) is 0 Å². The van der Waals surface area contributed by atoms with Gasteiger partial charge >= 0.3 is 0 Å². The summed E-state index contributed by atoms with van der Waals surface area (Å²) < 4.78 is 1.95. The molecule has 3 heterocycles. The molecule has 0 spiro atoms. The Balaban J connectivity index is 1.53. The van der Waals surface area contributed by atoms with Gasteiger partial charge in [0.1, 0.15) is 5.52 Å². The summed E-state index contributed by atoms with van der Waals surface area (Å²) in [6.45, 7) is 5.41. The normalized spacial score (nSPS) is 22.9. The van der Waals surface area contributed by atoms with Crippen molar-refractivity contribution in [3.05, 3.63) is 24.2 Å². The van der Waals surface area contributed by atoms with Gasteiger partial charge in [0.25, 0.3) is 0 Å². The van der Waals surface area contributed by atoms with Crippen molar-refractivity contribution in [1.82, 2.24) is 19.9 Å². The van der Waals surface area contributed by atoms with E-state index in [1.807, 2.05) is 23.8 Å². The number of hydrogen-bond donors (Lipinski definition) is 1. The lowest BCUT2D eigenvalue weighted by Crippen LogP contribution is -2.40. The molecule has 112 valence electrons. The molecule has 0 amide bonds. The number of aryl methyl sites for hydroxylation is 1. The lowest BCUT2D eigenvalue weighted by Gasteiger charge is -2.34. The van der Waals surface area contributed by atoms with Crippen molar-refractivity contribution in [2.24, 2.45) is 5.92 Å². The number of aromatic nitrogens is 3. The molecule has 5 heteroatoms. The van der Waals surface area contributed by atoms with Crippen LogP contribution in [0.1, 0.15) is 31.4 Å². The zero-order valence-electron chi connectivity index (χ0n) is 12.6. The number of hydrogen-bond acceptors (Lipinski definition) is 4. The SMILES string of the molecule is Cc1cc2c(N3CCCC(CNC4CC4)C3)nccn2n1. The topological polar surface area (TPSA) is 45.5 Å². The molecule has 0 bridgehead atoms. The number of nitrogens with one attached hydrogen (secondary N) is 1. The first-order valence-corrected chi connectivity index (χ1v) is 8.09. The van der Waals surface area contributed by atoms with Gasteiger partial charge in [-0.3, -0.25) is 0 Å². The van der Waals surface area contributed by atoms with E-state index in [9.17, 15) is 0 Å². The number of anilines is 1. The van der Waals surface area contributed by atoms with Crippen LogP contribution in [-0.2, 0) is 0 Å². The smallest absolute Gasteiger partial charge is 0.154 e. The van der Waals surface area contributed by atoms with Gasteiger partial charge in [0.05, 0.1) is 5.69 Å². The van der Waals surface area contributed by atoms with Crippen LogP contribution in [0.25, 0.3) is 5.52 Å². The summed E-state index contributed by atoms with van der Waals surface area (Å²) >= 11 is 0. The Bertz CT molecular complexity index is 631. The second-order valence-corrected chi connectivity index (χ2v) is 6.50. The van der Waals surface area contributed by atoms with E-state index in [-0.39, 0.29) is 0 Å². The van der Waals surface area contributed by atoms with Crippen LogP contribution in [0, 0.1) is 12.8 Å². The Labute approximate surface area is 125 Å². The summed E-state index contributed by atoms with van der Waals surface area (Å²) in [6, 6.07) is 2.94. The molecule has 1 unspecified atom stereocenters. The van der Waals surface area contributed by atoms with Gasteiger partial charge in [-0.25, -0.2) is 9.50 Å². The molecule has 0 aromatic carbocycles. The first-order valence-electron chi connectivity index (χ1n) is 8.09. The molecule has 4 rings (SSSR count). The molecule has 1 N–H and O–H groups in total. The number of rotatable bonds is 4. The average molecular weight is 285 g/mol. The van der Waals surface area contributed by atoms with Crippen LogP contribution < -0.4 is 10.2 Å². The van der Waals surface area contributed by atoms with Gasteiger partial charge in [0, 0.05) is 31.5 Å². The van der Waals surface area contributed by atoms with E-state index in [1.165, 1.54) is 25.7 Å². The predicted octanol–water partition coefficient (Wildman–Crippen LogP) is 2.01. The van der Waals surface area contributed by atoms with E-state index in [0.717, 1.165) is 48.6 Å². The third-order valence-corrected chi connectivity index (χ3v) is 4.58. The van der Waals surface area contributed by atoms with Crippen LogP contribution in [0.15, 0.2) is 18.5 Å². The molecule has 2 aromatic rings. The molecular weight excluding hydrogens is 262 g/mol. The molecule has 5 nitrogen and oxygen atoms in total. The Morgan fingerprint density at radius 3 is 3.10 bits per heavy atom. The van der Waals surface area contributed by atoms with Crippen molar-refractivity contribution in [2.75, 3.05) is 24.5 Å². The molecule has 2 aromatic heterocycles. The maximum absolute atomic E-state index is 4.63. The van der Waals surface area contributed by atoms with Crippen molar-refractivity contribution < 1.29 is 0 Å². The zero-order chi connectivity index (χ0) is 14.2.